The van der Waals surface area contributed by atoms with Gasteiger partial charge in [-0.2, -0.15) is 18.2 Å². The van der Waals surface area contributed by atoms with Gasteiger partial charge in [0.05, 0.1) is 12.0 Å². The summed E-state index contributed by atoms with van der Waals surface area (Å²) >= 11 is 0. The van der Waals surface area contributed by atoms with Crippen LogP contribution in [0.4, 0.5) is 23.5 Å². The van der Waals surface area contributed by atoms with E-state index in [1.165, 1.54) is 18.2 Å². The zero-order chi connectivity index (χ0) is 19.6. The minimum Gasteiger partial charge on any atom is -0.328 e. The van der Waals surface area contributed by atoms with Crippen LogP contribution in [0, 0.1) is 17.2 Å². The van der Waals surface area contributed by atoms with Crippen molar-refractivity contribution in [3.63, 3.8) is 0 Å². The van der Waals surface area contributed by atoms with Gasteiger partial charge in [0.1, 0.15) is 11.6 Å². The molecule has 2 heterocycles. The molecule has 27 heavy (non-hydrogen) atoms. The lowest BCUT2D eigenvalue weighted by Crippen LogP contribution is -2.42. The van der Waals surface area contributed by atoms with E-state index in [0.717, 1.165) is 4.68 Å². The summed E-state index contributed by atoms with van der Waals surface area (Å²) in [6.07, 6.45) is -2.68. The van der Waals surface area contributed by atoms with E-state index < -0.39 is 35.2 Å². The highest BCUT2D eigenvalue weighted by Crippen LogP contribution is 2.45. The van der Waals surface area contributed by atoms with Crippen LogP contribution in [0.3, 0.4) is 0 Å². The quantitative estimate of drug-likeness (QED) is 0.761. The third-order valence-corrected chi connectivity index (χ3v) is 4.77. The fraction of sp³-hybridized carbons (Fsp3) is 0.389. The highest BCUT2D eigenvalue weighted by Gasteiger charge is 2.47. The first kappa shape index (κ1) is 17.7. The molecule has 1 aromatic carbocycles. The number of allylic oxidation sites excluding steroid dienone is 2. The third-order valence-electron chi connectivity index (χ3n) is 4.77. The van der Waals surface area contributed by atoms with E-state index >= 15 is 0 Å². The molecule has 2 aliphatic rings. The standard InChI is InChI=1S/C18H16F4N4O/c1-17(2)7-11-13(12(27)8-17)14(9-4-3-5-10(19)6-9)26-16(23-11)24-15(25-26)18(20,21)22/h3-7,13-14H,8H2,1-2H3,(H,23,24,25). The maximum absolute atomic E-state index is 13.8. The Morgan fingerprint density at radius 1 is 1.30 bits per heavy atom. The summed E-state index contributed by atoms with van der Waals surface area (Å²) < 4.78 is 54.2. The SMILES string of the molecule is CC1(C)C=C2Nc3nc(C(F)(F)F)nn3C(c3cccc(F)c3)C2C(=O)C1. The number of alkyl halides is 3. The van der Waals surface area contributed by atoms with Crippen LogP contribution in [0.5, 0.6) is 0 Å². The number of Topliss-reactive ketones (excluding diaryl/α,β-unsaturated/α-hetero) is 1. The Bertz CT molecular complexity index is 961. The first-order valence-corrected chi connectivity index (χ1v) is 8.37. The Labute approximate surface area is 152 Å². The van der Waals surface area contributed by atoms with E-state index in [4.69, 9.17) is 0 Å². The number of carbonyl (C=O) groups excluding carboxylic acids is 1. The number of nitrogens with zero attached hydrogens (tertiary/aromatic N) is 3. The normalized spacial score (nSPS) is 23.9. The summed E-state index contributed by atoms with van der Waals surface area (Å²) in [7, 11) is 0. The first-order valence-electron chi connectivity index (χ1n) is 8.37. The monoisotopic (exact) mass is 380 g/mol. The molecule has 1 aliphatic carbocycles. The number of rotatable bonds is 1. The van der Waals surface area contributed by atoms with Crippen molar-refractivity contribution in [2.24, 2.45) is 11.3 Å². The number of carbonyl (C=O) groups is 1. The van der Waals surface area contributed by atoms with E-state index in [-0.39, 0.29) is 18.2 Å². The van der Waals surface area contributed by atoms with E-state index in [1.54, 1.807) is 6.07 Å². The second-order valence-corrected chi connectivity index (χ2v) is 7.54. The van der Waals surface area contributed by atoms with Gasteiger partial charge in [-0.3, -0.25) is 4.79 Å². The summed E-state index contributed by atoms with van der Waals surface area (Å²) in [6.45, 7) is 3.74. The van der Waals surface area contributed by atoms with Crippen LogP contribution in [-0.2, 0) is 11.0 Å². The zero-order valence-electron chi connectivity index (χ0n) is 14.5. The summed E-state index contributed by atoms with van der Waals surface area (Å²) in [4.78, 5) is 16.4. The number of aromatic nitrogens is 3. The van der Waals surface area contributed by atoms with Gasteiger partial charge in [0.15, 0.2) is 0 Å². The molecule has 0 amide bonds. The van der Waals surface area contributed by atoms with Gasteiger partial charge >= 0.3 is 6.18 Å². The summed E-state index contributed by atoms with van der Waals surface area (Å²) in [5, 5.41) is 6.42. The molecule has 9 heteroatoms. The smallest absolute Gasteiger partial charge is 0.328 e. The molecule has 1 aromatic heterocycles. The average Bonchev–Trinajstić information content (AvgIpc) is 2.95. The maximum atomic E-state index is 13.8. The van der Waals surface area contributed by atoms with Gasteiger partial charge in [-0.15, -0.1) is 5.10 Å². The van der Waals surface area contributed by atoms with E-state index in [9.17, 15) is 22.4 Å². The highest BCUT2D eigenvalue weighted by atomic mass is 19.4. The van der Waals surface area contributed by atoms with Gasteiger partial charge in [-0.1, -0.05) is 32.1 Å². The lowest BCUT2D eigenvalue weighted by atomic mass is 9.72. The number of hydrogen-bond donors (Lipinski definition) is 1. The van der Waals surface area contributed by atoms with Crippen LogP contribution >= 0.6 is 0 Å². The molecule has 0 saturated carbocycles. The summed E-state index contributed by atoms with van der Waals surface area (Å²) in [6, 6.07) is 4.56. The number of fused-ring (bicyclic) bond motifs is 2. The predicted octanol–water partition coefficient (Wildman–Crippen LogP) is 3.95. The number of hydrogen-bond acceptors (Lipinski definition) is 4. The van der Waals surface area contributed by atoms with Gasteiger partial charge < -0.3 is 5.32 Å². The molecule has 2 unspecified atom stereocenters. The van der Waals surface area contributed by atoms with Crippen molar-refractivity contribution in [3.8, 4) is 0 Å². The van der Waals surface area contributed by atoms with Crippen LogP contribution < -0.4 is 5.32 Å². The molecule has 1 aliphatic heterocycles. The van der Waals surface area contributed by atoms with Gasteiger partial charge in [0.2, 0.25) is 5.95 Å². The zero-order valence-corrected chi connectivity index (χ0v) is 14.5. The van der Waals surface area contributed by atoms with Crippen LogP contribution in [0.2, 0.25) is 0 Å². The van der Waals surface area contributed by atoms with Crippen molar-refractivity contribution >= 4 is 11.7 Å². The van der Waals surface area contributed by atoms with Crippen LogP contribution in [0.1, 0.15) is 37.7 Å². The summed E-state index contributed by atoms with van der Waals surface area (Å²) in [5.74, 6) is -2.90. The lowest BCUT2D eigenvalue weighted by molar-refractivity contribution is -0.145. The molecule has 0 saturated heterocycles. The van der Waals surface area contributed by atoms with Gasteiger partial charge in [-0.05, 0) is 23.1 Å². The second-order valence-electron chi connectivity index (χ2n) is 7.54. The Balaban J connectivity index is 1.94. The Hall–Kier alpha value is -2.71. The first-order chi connectivity index (χ1) is 12.5. The minimum absolute atomic E-state index is 0.121. The third kappa shape index (κ3) is 3.00. The second kappa shape index (κ2) is 5.64. The topological polar surface area (TPSA) is 59.8 Å². The van der Waals surface area contributed by atoms with Crippen LogP contribution in [0.15, 0.2) is 36.0 Å². The average molecular weight is 380 g/mol. The van der Waals surface area contributed by atoms with Crippen molar-refractivity contribution in [1.82, 2.24) is 14.8 Å². The number of halogens is 4. The number of ketones is 1. The molecule has 2 atom stereocenters. The van der Waals surface area contributed by atoms with Crippen molar-refractivity contribution in [3.05, 3.63) is 53.2 Å². The minimum atomic E-state index is -4.73. The molecule has 0 spiro atoms. The predicted molar refractivity (Wildman–Crippen MR) is 88.2 cm³/mol. The molecule has 5 nitrogen and oxygen atoms in total. The molecule has 2 aromatic rings. The molecular formula is C18H16F4N4O. The van der Waals surface area contributed by atoms with Crippen molar-refractivity contribution in [1.29, 1.82) is 0 Å². The van der Waals surface area contributed by atoms with E-state index in [1.807, 2.05) is 19.9 Å². The molecule has 1 N–H and O–H groups in total. The van der Waals surface area contributed by atoms with Crippen molar-refractivity contribution < 1.29 is 22.4 Å². The Morgan fingerprint density at radius 2 is 2.04 bits per heavy atom. The molecular weight excluding hydrogens is 364 g/mol. The van der Waals surface area contributed by atoms with Gasteiger partial charge in [0, 0.05) is 12.1 Å². The maximum Gasteiger partial charge on any atom is 0.453 e. The number of anilines is 1. The molecule has 0 fully saturated rings. The highest BCUT2D eigenvalue weighted by molar-refractivity contribution is 5.88. The number of benzene rings is 1. The van der Waals surface area contributed by atoms with E-state index in [0.29, 0.717) is 11.3 Å². The van der Waals surface area contributed by atoms with Gasteiger partial charge in [-0.25, -0.2) is 9.07 Å². The molecule has 4 rings (SSSR count). The largest absolute Gasteiger partial charge is 0.453 e. The Morgan fingerprint density at radius 3 is 2.70 bits per heavy atom. The van der Waals surface area contributed by atoms with E-state index in [2.05, 4.69) is 15.4 Å². The molecule has 142 valence electrons. The Kier molecular flexibility index (Phi) is 3.70. The molecule has 0 bridgehead atoms. The van der Waals surface area contributed by atoms with Crippen LogP contribution in [-0.4, -0.2) is 20.5 Å². The molecule has 0 radical (unpaired) electrons. The van der Waals surface area contributed by atoms with Crippen molar-refractivity contribution in [2.75, 3.05) is 5.32 Å². The van der Waals surface area contributed by atoms with Crippen LogP contribution in [0.25, 0.3) is 0 Å². The lowest BCUT2D eigenvalue weighted by Gasteiger charge is -2.40. The number of nitrogens with one attached hydrogen (secondary N) is 1. The van der Waals surface area contributed by atoms with Crippen molar-refractivity contribution in [2.45, 2.75) is 32.5 Å². The van der Waals surface area contributed by atoms with Gasteiger partial charge in [0.25, 0.3) is 5.82 Å². The summed E-state index contributed by atoms with van der Waals surface area (Å²) in [5.41, 5.74) is 0.386. The fourth-order valence-corrected chi connectivity index (χ4v) is 3.77. The fourth-order valence-electron chi connectivity index (χ4n) is 3.77.